The number of carbonyl (C=O) groups is 1. The number of aromatic nitrogens is 2. The molecule has 4 aromatic rings. The molecule has 5 rings (SSSR count). The minimum Gasteiger partial charge on any atom is -0.304 e. The van der Waals surface area contributed by atoms with E-state index in [1.807, 2.05) is 59.7 Å². The van der Waals surface area contributed by atoms with E-state index < -0.39 is 16.4 Å². The van der Waals surface area contributed by atoms with Crippen LogP contribution in [0, 0.1) is 11.2 Å². The third-order valence-corrected chi connectivity index (χ3v) is 5.91. The fourth-order valence-electron chi connectivity index (χ4n) is 4.33. The molecule has 34 heavy (non-hydrogen) atoms. The molecule has 2 aromatic heterocycles. The van der Waals surface area contributed by atoms with Crippen molar-refractivity contribution in [3.05, 3.63) is 90.6 Å². The summed E-state index contributed by atoms with van der Waals surface area (Å²) in [5, 5.41) is 4.58. The first-order chi connectivity index (χ1) is 16.2. The third-order valence-electron chi connectivity index (χ3n) is 5.91. The standard InChI is InChI=1S/C25H22FN3O.CH5NOS/c1-25(2)14-22(17-6-4-3-5-7-17)29(24(25)30)20-12-13-21-23(27-16-28(21)15-20)18-8-10-19(26)11-9-18;1-4(2)3/h3-13,15-16,22H,14H2,1-2H3;2H2,1H3/t22-;/m0./s1. The van der Waals surface area contributed by atoms with Crippen LogP contribution in [-0.4, -0.2) is 25.8 Å². The maximum atomic E-state index is 13.3. The number of amides is 1. The summed E-state index contributed by atoms with van der Waals surface area (Å²) in [5.41, 5.74) is 4.10. The second kappa shape index (κ2) is 9.48. The Morgan fingerprint density at radius 3 is 2.35 bits per heavy atom. The van der Waals surface area contributed by atoms with E-state index >= 15 is 0 Å². The lowest BCUT2D eigenvalue weighted by molar-refractivity contribution is -0.124. The van der Waals surface area contributed by atoms with E-state index in [-0.39, 0.29) is 17.8 Å². The Morgan fingerprint density at radius 2 is 1.71 bits per heavy atom. The number of imidazole rings is 1. The molecule has 0 aliphatic carbocycles. The molecule has 1 unspecified atom stereocenters. The van der Waals surface area contributed by atoms with Crippen molar-refractivity contribution in [3.63, 3.8) is 0 Å². The topological polar surface area (TPSA) is 80.7 Å². The summed E-state index contributed by atoms with van der Waals surface area (Å²) >= 11 is 0. The largest absolute Gasteiger partial charge is 0.304 e. The highest BCUT2D eigenvalue weighted by Crippen LogP contribution is 2.46. The maximum Gasteiger partial charge on any atom is 0.233 e. The smallest absolute Gasteiger partial charge is 0.233 e. The van der Waals surface area contributed by atoms with E-state index in [1.165, 1.54) is 18.4 Å². The van der Waals surface area contributed by atoms with E-state index in [2.05, 4.69) is 22.3 Å². The molecule has 3 heterocycles. The molecular formula is C26H27FN4O2S. The van der Waals surface area contributed by atoms with Gasteiger partial charge in [0.2, 0.25) is 5.91 Å². The molecule has 8 heteroatoms. The molecule has 1 aliphatic rings. The molecule has 2 N–H and O–H groups in total. The second-order valence-electron chi connectivity index (χ2n) is 8.97. The molecule has 0 bridgehead atoms. The highest BCUT2D eigenvalue weighted by atomic mass is 32.2. The Morgan fingerprint density at radius 1 is 1.06 bits per heavy atom. The summed E-state index contributed by atoms with van der Waals surface area (Å²) in [5.74, 6) is -0.152. The van der Waals surface area contributed by atoms with Crippen molar-refractivity contribution in [2.45, 2.75) is 26.3 Å². The van der Waals surface area contributed by atoms with Crippen molar-refractivity contribution >= 4 is 28.1 Å². The Balaban J connectivity index is 0.000000636. The van der Waals surface area contributed by atoms with Gasteiger partial charge in [-0.15, -0.1) is 0 Å². The first kappa shape index (κ1) is 23.8. The Hall–Kier alpha value is -3.36. The van der Waals surface area contributed by atoms with Crippen LogP contribution in [0.25, 0.3) is 16.8 Å². The van der Waals surface area contributed by atoms with Gasteiger partial charge in [0.25, 0.3) is 0 Å². The molecule has 1 amide bonds. The number of anilines is 1. The number of pyridine rings is 1. The number of hydrogen-bond acceptors (Lipinski definition) is 3. The zero-order chi connectivity index (χ0) is 24.5. The maximum absolute atomic E-state index is 13.3. The van der Waals surface area contributed by atoms with E-state index in [9.17, 15) is 13.4 Å². The van der Waals surface area contributed by atoms with Crippen molar-refractivity contribution < 1.29 is 13.4 Å². The van der Waals surface area contributed by atoms with Gasteiger partial charge in [0, 0.05) is 23.4 Å². The molecule has 1 aliphatic heterocycles. The summed E-state index contributed by atoms with van der Waals surface area (Å²) in [4.78, 5) is 19.7. The lowest BCUT2D eigenvalue weighted by atomic mass is 9.88. The van der Waals surface area contributed by atoms with Crippen LogP contribution in [0.5, 0.6) is 0 Å². The molecule has 2 aromatic carbocycles. The average Bonchev–Trinajstić information content (AvgIpc) is 3.32. The van der Waals surface area contributed by atoms with Gasteiger partial charge in [0.05, 0.1) is 33.9 Å². The van der Waals surface area contributed by atoms with Crippen LogP contribution >= 0.6 is 0 Å². The fourth-order valence-corrected chi connectivity index (χ4v) is 4.33. The molecule has 0 saturated carbocycles. The number of nitrogens with two attached hydrogens (primary N) is 1. The first-order valence-electron chi connectivity index (χ1n) is 10.9. The van der Waals surface area contributed by atoms with Gasteiger partial charge in [0.15, 0.2) is 0 Å². The minimum absolute atomic E-state index is 0.00811. The van der Waals surface area contributed by atoms with Gasteiger partial charge in [-0.2, -0.15) is 0 Å². The van der Waals surface area contributed by atoms with Crippen LogP contribution in [0.2, 0.25) is 0 Å². The number of carbonyl (C=O) groups excluding carboxylic acids is 1. The number of fused-ring (bicyclic) bond motifs is 1. The van der Waals surface area contributed by atoms with Gasteiger partial charge >= 0.3 is 0 Å². The highest BCUT2D eigenvalue weighted by Gasteiger charge is 2.46. The van der Waals surface area contributed by atoms with Crippen molar-refractivity contribution in [3.8, 4) is 11.3 Å². The van der Waals surface area contributed by atoms with E-state index in [0.717, 1.165) is 34.4 Å². The Kier molecular flexibility index (Phi) is 6.63. The highest BCUT2D eigenvalue weighted by molar-refractivity contribution is 7.81. The summed E-state index contributed by atoms with van der Waals surface area (Å²) in [6.45, 7) is 4.02. The minimum atomic E-state index is -1.11. The second-order valence-corrected chi connectivity index (χ2v) is 9.97. The van der Waals surface area contributed by atoms with Crippen LogP contribution in [-0.2, 0) is 15.8 Å². The number of hydrogen-bond donors (Lipinski definition) is 1. The van der Waals surface area contributed by atoms with Crippen LogP contribution in [0.4, 0.5) is 10.1 Å². The zero-order valence-electron chi connectivity index (χ0n) is 19.3. The van der Waals surface area contributed by atoms with Gasteiger partial charge < -0.3 is 9.30 Å². The lowest BCUT2D eigenvalue weighted by Gasteiger charge is -2.25. The van der Waals surface area contributed by atoms with Crippen LogP contribution in [0.1, 0.15) is 31.9 Å². The predicted octanol–water partition coefficient (Wildman–Crippen LogP) is 4.88. The predicted molar refractivity (Wildman–Crippen MR) is 134 cm³/mol. The molecule has 176 valence electrons. The lowest BCUT2D eigenvalue weighted by Crippen LogP contribution is -2.32. The van der Waals surface area contributed by atoms with Gasteiger partial charge in [0.1, 0.15) is 12.1 Å². The van der Waals surface area contributed by atoms with Gasteiger partial charge in [-0.05, 0) is 48.4 Å². The van der Waals surface area contributed by atoms with Crippen molar-refractivity contribution in [2.24, 2.45) is 10.6 Å². The van der Waals surface area contributed by atoms with Crippen molar-refractivity contribution in [1.29, 1.82) is 0 Å². The third kappa shape index (κ3) is 4.78. The van der Waals surface area contributed by atoms with E-state index in [0.29, 0.717) is 0 Å². The average molecular weight is 479 g/mol. The number of benzene rings is 2. The quantitative estimate of drug-likeness (QED) is 0.456. The summed E-state index contributed by atoms with van der Waals surface area (Å²) in [7, 11) is -1.11. The van der Waals surface area contributed by atoms with E-state index in [4.69, 9.17) is 0 Å². The zero-order valence-corrected chi connectivity index (χ0v) is 20.1. The Labute approximate surface area is 200 Å². The van der Waals surface area contributed by atoms with Crippen LogP contribution < -0.4 is 10.0 Å². The van der Waals surface area contributed by atoms with Crippen LogP contribution in [0.15, 0.2) is 79.3 Å². The van der Waals surface area contributed by atoms with E-state index in [1.54, 1.807) is 18.5 Å². The molecule has 1 saturated heterocycles. The van der Waals surface area contributed by atoms with Crippen molar-refractivity contribution in [1.82, 2.24) is 9.38 Å². The normalized spacial score (nSPS) is 18.0. The molecule has 2 atom stereocenters. The number of halogens is 1. The van der Waals surface area contributed by atoms with Gasteiger partial charge in [-0.25, -0.2) is 13.6 Å². The summed E-state index contributed by atoms with van der Waals surface area (Å²) in [6.07, 6.45) is 5.87. The SMILES string of the molecule is CC1(C)C[C@@H](c2ccccc2)N(c2ccc3c(-c4ccc(F)cc4)ncn3c2)C1=O.CS(N)=O. The summed E-state index contributed by atoms with van der Waals surface area (Å²) < 4.78 is 24.5. The number of nitrogens with zero attached hydrogens (tertiary/aromatic N) is 3. The summed E-state index contributed by atoms with van der Waals surface area (Å²) in [6, 6.07) is 20.4. The molecule has 1 fully saturated rings. The molecule has 6 nitrogen and oxygen atoms in total. The molecule has 0 radical (unpaired) electrons. The molecular weight excluding hydrogens is 451 g/mol. The Bertz CT molecular complexity index is 1330. The first-order valence-corrected chi connectivity index (χ1v) is 12.5. The molecule has 0 spiro atoms. The number of rotatable bonds is 3. The van der Waals surface area contributed by atoms with Gasteiger partial charge in [-0.3, -0.25) is 9.93 Å². The van der Waals surface area contributed by atoms with Crippen LogP contribution in [0.3, 0.4) is 0 Å². The monoisotopic (exact) mass is 478 g/mol. The fraction of sp³-hybridized carbons (Fsp3) is 0.231. The van der Waals surface area contributed by atoms with Crippen molar-refractivity contribution in [2.75, 3.05) is 11.2 Å². The van der Waals surface area contributed by atoms with Gasteiger partial charge in [-0.1, -0.05) is 44.2 Å².